The average Bonchev–Trinajstić information content (AvgIpc) is 3.14. The number of benzene rings is 2. The molecule has 1 aliphatic heterocycles. The Morgan fingerprint density at radius 2 is 2.00 bits per heavy atom. The van der Waals surface area contributed by atoms with E-state index in [9.17, 15) is 9.59 Å². The van der Waals surface area contributed by atoms with Gasteiger partial charge in [0.25, 0.3) is 0 Å². The smallest absolute Gasteiger partial charge is 0.337 e. The number of para-hydroxylation sites is 1. The maximum absolute atomic E-state index is 13.1. The second-order valence-corrected chi connectivity index (χ2v) is 6.63. The van der Waals surface area contributed by atoms with Crippen molar-refractivity contribution >= 4 is 34.2 Å². The fourth-order valence-electron chi connectivity index (χ4n) is 3.24. The molecule has 0 amide bonds. The Kier molecular flexibility index (Phi) is 4.59. The number of carbonyl (C=O) groups excluding carboxylic acids is 1. The number of ether oxygens (including phenoxy) is 1. The van der Waals surface area contributed by atoms with Gasteiger partial charge in [-0.05, 0) is 30.3 Å². The molecule has 2 heterocycles. The number of fused-ring (bicyclic) bond motifs is 1. The van der Waals surface area contributed by atoms with Crippen molar-refractivity contribution in [2.75, 3.05) is 12.2 Å². The summed E-state index contributed by atoms with van der Waals surface area (Å²) < 4.78 is 10.4. The van der Waals surface area contributed by atoms with Crippen LogP contribution in [-0.4, -0.2) is 19.2 Å². The van der Waals surface area contributed by atoms with Crippen molar-refractivity contribution in [3.05, 3.63) is 75.6 Å². The number of hydrogen-bond acceptors (Lipinski definition) is 6. The van der Waals surface area contributed by atoms with Crippen LogP contribution in [0.4, 0.5) is 5.69 Å². The van der Waals surface area contributed by atoms with E-state index < -0.39 is 18.1 Å². The molecule has 138 valence electrons. The summed E-state index contributed by atoms with van der Waals surface area (Å²) in [6, 6.07) is 13.6. The van der Waals surface area contributed by atoms with E-state index in [4.69, 9.17) is 25.6 Å². The first kappa shape index (κ1) is 17.6. The molecule has 1 aromatic heterocycles. The van der Waals surface area contributed by atoms with Gasteiger partial charge in [0.1, 0.15) is 11.8 Å². The van der Waals surface area contributed by atoms with Crippen LogP contribution in [-0.2, 0) is 14.4 Å². The Morgan fingerprint density at radius 3 is 2.74 bits per heavy atom. The zero-order valence-electron chi connectivity index (χ0n) is 14.4. The van der Waals surface area contributed by atoms with Gasteiger partial charge in [0.15, 0.2) is 11.5 Å². The number of hydroxylamine groups is 1. The fourth-order valence-corrected chi connectivity index (χ4v) is 3.41. The summed E-state index contributed by atoms with van der Waals surface area (Å²) >= 11 is 6.03. The van der Waals surface area contributed by atoms with Crippen LogP contribution in [0.3, 0.4) is 0 Å². The summed E-state index contributed by atoms with van der Waals surface area (Å²) in [6.07, 6.45) is 0.871. The Bertz CT molecular complexity index is 1050. The van der Waals surface area contributed by atoms with Gasteiger partial charge in [-0.2, -0.15) is 0 Å². The third-order valence-electron chi connectivity index (χ3n) is 4.56. The second kappa shape index (κ2) is 7.06. The molecule has 1 fully saturated rings. The molecule has 0 bridgehead atoms. The van der Waals surface area contributed by atoms with Gasteiger partial charge in [0.05, 0.1) is 29.8 Å². The van der Waals surface area contributed by atoms with Crippen LogP contribution in [0, 0.1) is 0 Å². The number of hydrogen-bond donors (Lipinski definition) is 0. The zero-order valence-corrected chi connectivity index (χ0v) is 15.2. The van der Waals surface area contributed by atoms with Gasteiger partial charge in [0.2, 0.25) is 0 Å². The highest BCUT2D eigenvalue weighted by atomic mass is 35.5. The van der Waals surface area contributed by atoms with Crippen LogP contribution >= 0.6 is 11.6 Å². The molecule has 2 aromatic carbocycles. The van der Waals surface area contributed by atoms with Crippen molar-refractivity contribution in [2.24, 2.45) is 0 Å². The molecular formula is C20H16ClNO5. The quantitative estimate of drug-likeness (QED) is 0.637. The van der Waals surface area contributed by atoms with E-state index in [0.29, 0.717) is 21.6 Å². The van der Waals surface area contributed by atoms with E-state index in [0.717, 1.165) is 5.69 Å². The van der Waals surface area contributed by atoms with Crippen LogP contribution in [0.1, 0.15) is 18.0 Å². The topological polar surface area (TPSA) is 69.0 Å². The Morgan fingerprint density at radius 1 is 1.22 bits per heavy atom. The van der Waals surface area contributed by atoms with E-state index in [2.05, 4.69) is 0 Å². The minimum absolute atomic E-state index is 0.209. The van der Waals surface area contributed by atoms with E-state index in [1.807, 2.05) is 30.3 Å². The van der Waals surface area contributed by atoms with Crippen LogP contribution in [0.15, 0.2) is 64.0 Å². The molecule has 0 radical (unpaired) electrons. The molecule has 27 heavy (non-hydrogen) atoms. The lowest BCUT2D eigenvalue weighted by atomic mass is 10.0. The molecule has 1 saturated heterocycles. The monoisotopic (exact) mass is 385 g/mol. The molecule has 0 spiro atoms. The molecule has 0 unspecified atom stereocenters. The van der Waals surface area contributed by atoms with E-state index in [1.54, 1.807) is 23.3 Å². The van der Waals surface area contributed by atoms with Gasteiger partial charge in [-0.3, -0.25) is 9.63 Å². The maximum atomic E-state index is 13.1. The zero-order chi connectivity index (χ0) is 19.0. The third-order valence-corrected chi connectivity index (χ3v) is 4.79. The molecule has 1 aliphatic rings. The minimum atomic E-state index is -0.810. The summed E-state index contributed by atoms with van der Waals surface area (Å²) in [6.45, 7) is 0. The molecule has 3 aromatic rings. The second-order valence-electron chi connectivity index (χ2n) is 6.19. The summed E-state index contributed by atoms with van der Waals surface area (Å²) in [7, 11) is 1.30. The predicted octanol–water partition coefficient (Wildman–Crippen LogP) is 3.87. The largest absolute Gasteiger partial charge is 0.467 e. The molecule has 7 heteroatoms. The molecule has 2 atom stereocenters. The van der Waals surface area contributed by atoms with Crippen molar-refractivity contribution < 1.29 is 18.8 Å². The lowest BCUT2D eigenvalue weighted by Crippen LogP contribution is -2.27. The molecular weight excluding hydrogens is 370 g/mol. The van der Waals surface area contributed by atoms with Crippen LogP contribution < -0.4 is 10.5 Å². The first-order valence-corrected chi connectivity index (χ1v) is 8.76. The van der Waals surface area contributed by atoms with Crippen LogP contribution in [0.5, 0.6) is 0 Å². The van der Waals surface area contributed by atoms with E-state index in [-0.39, 0.29) is 11.8 Å². The number of carbonyl (C=O) groups is 1. The van der Waals surface area contributed by atoms with Gasteiger partial charge in [-0.25, -0.2) is 9.86 Å². The van der Waals surface area contributed by atoms with Crippen molar-refractivity contribution in [1.29, 1.82) is 0 Å². The maximum Gasteiger partial charge on any atom is 0.337 e. The SMILES string of the molecule is COC(=O)[C@@H]1C[C@@H](c2coc3ccc(Cl)cc3c2=O)N(c2ccccc2)O1. The summed E-state index contributed by atoms with van der Waals surface area (Å²) in [4.78, 5) is 30.9. The highest BCUT2D eigenvalue weighted by Crippen LogP contribution is 2.37. The standard InChI is InChI=1S/C20H16ClNO5/c1-25-20(24)18-10-16(22(27-18)13-5-3-2-4-6-13)15-11-26-17-8-7-12(21)9-14(17)19(15)23/h2-9,11,16,18H,10H2,1H3/t16-,18-/m0/s1. The number of esters is 1. The van der Waals surface area contributed by atoms with Crippen LogP contribution in [0.25, 0.3) is 11.0 Å². The summed E-state index contributed by atoms with van der Waals surface area (Å²) in [5.41, 5.74) is 1.35. The summed E-state index contributed by atoms with van der Waals surface area (Å²) in [5.74, 6) is -0.494. The average molecular weight is 386 g/mol. The minimum Gasteiger partial charge on any atom is -0.467 e. The highest BCUT2D eigenvalue weighted by molar-refractivity contribution is 6.31. The predicted molar refractivity (Wildman–Crippen MR) is 101 cm³/mol. The Hall–Kier alpha value is -2.83. The molecule has 0 N–H and O–H groups in total. The van der Waals surface area contributed by atoms with E-state index >= 15 is 0 Å². The fraction of sp³-hybridized carbons (Fsp3) is 0.200. The highest BCUT2D eigenvalue weighted by Gasteiger charge is 2.41. The molecule has 6 nitrogen and oxygen atoms in total. The van der Waals surface area contributed by atoms with Gasteiger partial charge < -0.3 is 9.15 Å². The van der Waals surface area contributed by atoms with Gasteiger partial charge in [-0.15, -0.1) is 0 Å². The van der Waals surface area contributed by atoms with Gasteiger partial charge >= 0.3 is 5.97 Å². The first-order valence-electron chi connectivity index (χ1n) is 8.38. The number of rotatable bonds is 3. The van der Waals surface area contributed by atoms with Crippen LogP contribution in [0.2, 0.25) is 5.02 Å². The van der Waals surface area contributed by atoms with Crippen molar-refractivity contribution in [2.45, 2.75) is 18.6 Å². The van der Waals surface area contributed by atoms with Crippen molar-refractivity contribution in [3.63, 3.8) is 0 Å². The normalized spacial score (nSPS) is 19.4. The Labute approximate surface area is 159 Å². The number of methoxy groups -OCH3 is 1. The lowest BCUT2D eigenvalue weighted by Gasteiger charge is -2.24. The summed E-state index contributed by atoms with van der Waals surface area (Å²) in [5, 5.41) is 2.39. The number of anilines is 1. The molecule has 4 rings (SSSR count). The number of nitrogens with zero attached hydrogens (tertiary/aromatic N) is 1. The van der Waals surface area contributed by atoms with Crippen molar-refractivity contribution in [1.82, 2.24) is 0 Å². The lowest BCUT2D eigenvalue weighted by molar-refractivity contribution is -0.151. The van der Waals surface area contributed by atoms with Crippen molar-refractivity contribution in [3.8, 4) is 0 Å². The molecule has 0 aliphatic carbocycles. The third kappa shape index (κ3) is 3.18. The van der Waals surface area contributed by atoms with E-state index in [1.165, 1.54) is 13.4 Å². The van der Waals surface area contributed by atoms with Gasteiger partial charge in [-0.1, -0.05) is 29.8 Å². The Balaban J connectivity index is 1.82. The van der Waals surface area contributed by atoms with Gasteiger partial charge in [0, 0.05) is 11.4 Å². The molecule has 0 saturated carbocycles. The first-order chi connectivity index (χ1) is 13.1. The number of halogens is 1.